The van der Waals surface area contributed by atoms with Crippen LogP contribution in [0.1, 0.15) is 32.8 Å². The highest BCUT2D eigenvalue weighted by atomic mass is 79.9. The molecule has 0 saturated heterocycles. The summed E-state index contributed by atoms with van der Waals surface area (Å²) in [6, 6.07) is 4.03. The Morgan fingerprint density at radius 1 is 1.18 bits per heavy atom. The molecule has 1 aromatic carbocycles. The maximum atomic E-state index is 5.75. The monoisotopic (exact) mass is 372 g/mol. The number of nitrogens with zero attached hydrogens (tertiary/aromatic N) is 1. The summed E-state index contributed by atoms with van der Waals surface area (Å²) in [6.45, 7) is 12.2. The second-order valence-corrected chi connectivity index (χ2v) is 6.00. The summed E-state index contributed by atoms with van der Waals surface area (Å²) in [6.07, 6.45) is 1.15. The number of halogens is 1. The van der Waals surface area contributed by atoms with Crippen molar-refractivity contribution in [3.8, 4) is 11.5 Å². The zero-order chi connectivity index (χ0) is 16.4. The highest BCUT2D eigenvalue weighted by Crippen LogP contribution is 2.34. The van der Waals surface area contributed by atoms with E-state index in [1.165, 1.54) is 0 Å². The van der Waals surface area contributed by atoms with Crippen LogP contribution in [-0.4, -0.2) is 44.8 Å². The Labute approximate surface area is 143 Å². The summed E-state index contributed by atoms with van der Waals surface area (Å²) >= 11 is 3.53. The van der Waals surface area contributed by atoms with E-state index in [4.69, 9.17) is 9.47 Å². The fourth-order valence-electron chi connectivity index (χ4n) is 2.40. The van der Waals surface area contributed by atoms with Gasteiger partial charge in [0.15, 0.2) is 11.5 Å². The van der Waals surface area contributed by atoms with E-state index in [9.17, 15) is 0 Å². The van der Waals surface area contributed by atoms with Gasteiger partial charge in [0.25, 0.3) is 0 Å². The average molecular weight is 373 g/mol. The maximum absolute atomic E-state index is 5.75. The van der Waals surface area contributed by atoms with Crippen molar-refractivity contribution in [3.05, 3.63) is 22.2 Å². The van der Waals surface area contributed by atoms with E-state index in [1.807, 2.05) is 13.0 Å². The predicted octanol–water partition coefficient (Wildman–Crippen LogP) is 3.68. The summed E-state index contributed by atoms with van der Waals surface area (Å²) in [5.74, 6) is 1.61. The number of benzene rings is 1. The topological polar surface area (TPSA) is 33.7 Å². The number of methoxy groups -OCH3 is 1. The van der Waals surface area contributed by atoms with E-state index in [-0.39, 0.29) is 0 Å². The van der Waals surface area contributed by atoms with E-state index in [1.54, 1.807) is 7.11 Å². The van der Waals surface area contributed by atoms with Gasteiger partial charge >= 0.3 is 0 Å². The molecule has 0 spiro atoms. The van der Waals surface area contributed by atoms with Crippen LogP contribution in [0.4, 0.5) is 0 Å². The van der Waals surface area contributed by atoms with Crippen LogP contribution in [0.3, 0.4) is 0 Å². The van der Waals surface area contributed by atoms with Crippen LogP contribution in [0.15, 0.2) is 16.6 Å². The first-order valence-electron chi connectivity index (χ1n) is 8.08. The average Bonchev–Trinajstić information content (AvgIpc) is 2.52. The highest BCUT2D eigenvalue weighted by Gasteiger charge is 2.12. The fraction of sp³-hybridized carbons (Fsp3) is 0.647. The van der Waals surface area contributed by atoms with Gasteiger partial charge in [0, 0.05) is 16.6 Å². The summed E-state index contributed by atoms with van der Waals surface area (Å²) in [7, 11) is 1.67. The lowest BCUT2D eigenvalue weighted by molar-refractivity contribution is 0.296. The van der Waals surface area contributed by atoms with Crippen LogP contribution >= 0.6 is 15.9 Å². The molecule has 0 fully saturated rings. The predicted molar refractivity (Wildman–Crippen MR) is 96.0 cm³/mol. The number of hydrogen-bond donors (Lipinski definition) is 1. The van der Waals surface area contributed by atoms with Crippen molar-refractivity contribution in [1.82, 2.24) is 10.2 Å². The molecule has 4 nitrogen and oxygen atoms in total. The molecule has 126 valence electrons. The van der Waals surface area contributed by atoms with Gasteiger partial charge in [-0.25, -0.2) is 0 Å². The van der Waals surface area contributed by atoms with Crippen molar-refractivity contribution < 1.29 is 9.47 Å². The first kappa shape index (κ1) is 19.3. The van der Waals surface area contributed by atoms with Crippen molar-refractivity contribution in [2.45, 2.75) is 33.7 Å². The van der Waals surface area contributed by atoms with Gasteiger partial charge in [-0.1, -0.05) is 29.8 Å². The molecule has 22 heavy (non-hydrogen) atoms. The molecule has 0 aliphatic heterocycles. The number of ether oxygens (including phenoxy) is 2. The second-order valence-electron chi connectivity index (χ2n) is 5.09. The molecule has 0 aliphatic rings. The van der Waals surface area contributed by atoms with Crippen molar-refractivity contribution in [1.29, 1.82) is 0 Å². The molecule has 1 aromatic rings. The Morgan fingerprint density at radius 3 is 2.50 bits per heavy atom. The van der Waals surface area contributed by atoms with Crippen LogP contribution in [-0.2, 0) is 6.54 Å². The van der Waals surface area contributed by atoms with E-state index < -0.39 is 0 Å². The van der Waals surface area contributed by atoms with Gasteiger partial charge in [-0.2, -0.15) is 0 Å². The zero-order valence-electron chi connectivity index (χ0n) is 14.2. The van der Waals surface area contributed by atoms with E-state index in [0.717, 1.165) is 60.7 Å². The van der Waals surface area contributed by atoms with Gasteiger partial charge in [-0.15, -0.1) is 0 Å². The molecule has 0 heterocycles. The lowest BCUT2D eigenvalue weighted by Crippen LogP contribution is -2.27. The fourth-order valence-corrected chi connectivity index (χ4v) is 2.89. The smallest absolute Gasteiger partial charge is 0.165 e. The van der Waals surface area contributed by atoms with E-state index in [0.29, 0.717) is 6.61 Å². The molecular weight excluding hydrogens is 344 g/mol. The van der Waals surface area contributed by atoms with Crippen LogP contribution in [0, 0.1) is 0 Å². The second kappa shape index (κ2) is 10.9. The quantitative estimate of drug-likeness (QED) is 0.600. The first-order valence-corrected chi connectivity index (χ1v) is 8.87. The van der Waals surface area contributed by atoms with Crippen molar-refractivity contribution in [2.75, 3.05) is 39.9 Å². The van der Waals surface area contributed by atoms with Gasteiger partial charge < -0.3 is 19.7 Å². The van der Waals surface area contributed by atoms with Gasteiger partial charge in [-0.3, -0.25) is 0 Å². The number of rotatable bonds is 11. The minimum Gasteiger partial charge on any atom is -0.493 e. The molecule has 0 unspecified atom stereocenters. The molecule has 0 aliphatic carbocycles. The van der Waals surface area contributed by atoms with Gasteiger partial charge in [0.2, 0.25) is 0 Å². The molecule has 1 rings (SSSR count). The Hall–Kier alpha value is -0.780. The standard InChI is InChI=1S/C17H29BrN2O2/c1-5-20(6-2)10-8-9-19-13-14-11-15(18)12-16(21-4)17(14)22-7-3/h11-12,19H,5-10,13H2,1-4H3. The van der Waals surface area contributed by atoms with Crippen molar-refractivity contribution >= 4 is 15.9 Å². The Morgan fingerprint density at radius 2 is 1.91 bits per heavy atom. The number of nitrogens with one attached hydrogen (secondary N) is 1. The Bertz CT molecular complexity index is 437. The van der Waals surface area contributed by atoms with Crippen LogP contribution in [0.25, 0.3) is 0 Å². The third kappa shape index (κ3) is 6.15. The Kier molecular flexibility index (Phi) is 9.52. The summed E-state index contributed by atoms with van der Waals surface area (Å²) in [5, 5.41) is 3.50. The van der Waals surface area contributed by atoms with Gasteiger partial charge in [0.1, 0.15) is 0 Å². The number of hydrogen-bond acceptors (Lipinski definition) is 4. The molecule has 0 radical (unpaired) electrons. The lowest BCUT2D eigenvalue weighted by Gasteiger charge is -2.18. The summed E-state index contributed by atoms with van der Waals surface area (Å²) in [4.78, 5) is 2.44. The molecule has 1 N–H and O–H groups in total. The zero-order valence-corrected chi connectivity index (χ0v) is 15.8. The SMILES string of the molecule is CCOc1c(CNCCCN(CC)CC)cc(Br)cc1OC. The molecule has 0 aromatic heterocycles. The summed E-state index contributed by atoms with van der Waals surface area (Å²) in [5.41, 5.74) is 1.12. The van der Waals surface area contributed by atoms with Crippen molar-refractivity contribution in [2.24, 2.45) is 0 Å². The molecule has 0 saturated carbocycles. The van der Waals surface area contributed by atoms with E-state index in [2.05, 4.69) is 46.1 Å². The summed E-state index contributed by atoms with van der Waals surface area (Å²) < 4.78 is 12.2. The largest absolute Gasteiger partial charge is 0.493 e. The van der Waals surface area contributed by atoms with Gasteiger partial charge in [0.05, 0.1) is 13.7 Å². The highest BCUT2D eigenvalue weighted by molar-refractivity contribution is 9.10. The minimum atomic E-state index is 0.632. The third-order valence-electron chi connectivity index (χ3n) is 3.64. The minimum absolute atomic E-state index is 0.632. The lowest BCUT2D eigenvalue weighted by atomic mass is 10.2. The third-order valence-corrected chi connectivity index (χ3v) is 4.10. The van der Waals surface area contributed by atoms with Crippen LogP contribution in [0.5, 0.6) is 11.5 Å². The molecule has 0 bridgehead atoms. The maximum Gasteiger partial charge on any atom is 0.165 e. The molecule has 0 amide bonds. The molecule has 5 heteroatoms. The van der Waals surface area contributed by atoms with Crippen LogP contribution < -0.4 is 14.8 Å². The first-order chi connectivity index (χ1) is 10.7. The van der Waals surface area contributed by atoms with Crippen molar-refractivity contribution in [3.63, 3.8) is 0 Å². The Balaban J connectivity index is 2.55. The normalized spacial score (nSPS) is 11.0. The van der Waals surface area contributed by atoms with Crippen LogP contribution in [0.2, 0.25) is 0 Å². The molecular formula is C17H29BrN2O2. The van der Waals surface area contributed by atoms with Gasteiger partial charge in [-0.05, 0) is 51.7 Å². The molecule has 0 atom stereocenters. The van der Waals surface area contributed by atoms with E-state index >= 15 is 0 Å².